The Balaban J connectivity index is 1.53. The van der Waals surface area contributed by atoms with E-state index < -0.39 is 0 Å². The van der Waals surface area contributed by atoms with Crippen molar-refractivity contribution >= 4 is 28.1 Å². The maximum atomic E-state index is 12.1. The monoisotopic (exact) mass is 406 g/mol. The molecule has 3 rings (SSSR count). The summed E-state index contributed by atoms with van der Waals surface area (Å²) in [6, 6.07) is 9.44. The van der Waals surface area contributed by atoms with Gasteiger partial charge in [-0.25, -0.2) is 5.43 Å². The minimum atomic E-state index is -0.246. The van der Waals surface area contributed by atoms with E-state index in [2.05, 4.69) is 26.5 Å². The molecule has 1 saturated heterocycles. The molecule has 0 saturated carbocycles. The zero-order valence-electron chi connectivity index (χ0n) is 14.0. The van der Waals surface area contributed by atoms with Crippen LogP contribution in [0.4, 0.5) is 0 Å². The normalized spacial score (nSPS) is 15.6. The number of halogens is 1. The summed E-state index contributed by atoms with van der Waals surface area (Å²) in [5, 5.41) is 3.93. The zero-order chi connectivity index (χ0) is 17.6. The fraction of sp³-hybridized carbons (Fsp3) is 0.333. The Labute approximate surface area is 155 Å². The summed E-state index contributed by atoms with van der Waals surface area (Å²) in [4.78, 5) is 13.6. The number of nitrogens with one attached hydrogen (secondary N) is 2. The molecule has 0 aliphatic carbocycles. The molecule has 1 aliphatic rings. The van der Waals surface area contributed by atoms with Crippen LogP contribution in [0.2, 0.25) is 0 Å². The fourth-order valence-electron chi connectivity index (χ4n) is 2.66. The van der Waals surface area contributed by atoms with Crippen LogP contribution in [0.5, 0.6) is 0 Å². The van der Waals surface area contributed by atoms with Crippen molar-refractivity contribution in [2.75, 3.05) is 26.3 Å². The minimum Gasteiger partial charge on any atom is -0.459 e. The third kappa shape index (κ3) is 5.01. The van der Waals surface area contributed by atoms with Gasteiger partial charge in [0.1, 0.15) is 31.2 Å². The predicted octanol–water partition coefficient (Wildman–Crippen LogP) is 1.53. The minimum absolute atomic E-state index is 0.246. The molecule has 1 aromatic carbocycles. The summed E-state index contributed by atoms with van der Waals surface area (Å²) in [6.07, 6.45) is 1.48. The average molecular weight is 407 g/mol. The molecule has 1 fully saturated rings. The lowest BCUT2D eigenvalue weighted by Crippen LogP contribution is -3.12. The Morgan fingerprint density at radius 2 is 2.04 bits per heavy atom. The molecule has 132 valence electrons. The van der Waals surface area contributed by atoms with Crippen molar-refractivity contribution in [2.24, 2.45) is 5.10 Å². The molecular formula is C18H21BrN3O3+. The number of carbonyl (C=O) groups excluding carboxylic acids is 1. The van der Waals surface area contributed by atoms with E-state index in [0.717, 1.165) is 43.1 Å². The summed E-state index contributed by atoms with van der Waals surface area (Å²) >= 11 is 3.36. The number of quaternary nitrogens is 1. The van der Waals surface area contributed by atoms with Gasteiger partial charge in [0.15, 0.2) is 0 Å². The molecule has 2 aromatic rings. The maximum absolute atomic E-state index is 12.1. The van der Waals surface area contributed by atoms with Gasteiger partial charge in [0.05, 0.1) is 23.9 Å². The molecule has 1 aromatic heterocycles. The van der Waals surface area contributed by atoms with Gasteiger partial charge < -0.3 is 14.1 Å². The lowest BCUT2D eigenvalue weighted by Gasteiger charge is -2.23. The quantitative estimate of drug-likeness (QED) is 0.584. The van der Waals surface area contributed by atoms with Crippen LogP contribution < -0.4 is 10.3 Å². The molecular weight excluding hydrogens is 386 g/mol. The largest absolute Gasteiger partial charge is 0.459 e. The van der Waals surface area contributed by atoms with Gasteiger partial charge in [-0.05, 0) is 35.0 Å². The number of furan rings is 1. The number of hydrogen-bond acceptors (Lipinski definition) is 4. The van der Waals surface area contributed by atoms with E-state index in [1.54, 1.807) is 6.07 Å². The fourth-order valence-corrected chi connectivity index (χ4v) is 2.97. The van der Waals surface area contributed by atoms with Gasteiger partial charge in [0.25, 0.3) is 5.91 Å². The molecule has 7 heteroatoms. The molecule has 0 spiro atoms. The Kier molecular flexibility index (Phi) is 6.01. The van der Waals surface area contributed by atoms with Crippen LogP contribution in [0.15, 0.2) is 44.3 Å². The second kappa shape index (κ2) is 8.42. The highest BCUT2D eigenvalue weighted by Crippen LogP contribution is 2.19. The lowest BCUT2D eigenvalue weighted by atomic mass is 10.1. The second-order valence-electron chi connectivity index (χ2n) is 5.99. The lowest BCUT2D eigenvalue weighted by molar-refractivity contribution is -0.921. The van der Waals surface area contributed by atoms with Gasteiger partial charge >= 0.3 is 0 Å². The van der Waals surface area contributed by atoms with Crippen LogP contribution in [0.1, 0.15) is 27.4 Å². The molecule has 2 N–H and O–H groups in total. The van der Waals surface area contributed by atoms with Crippen LogP contribution in [0.25, 0.3) is 0 Å². The molecule has 0 atom stereocenters. The number of hydrazone groups is 1. The van der Waals surface area contributed by atoms with Crippen LogP contribution in [-0.2, 0) is 11.3 Å². The molecule has 1 amide bonds. The molecule has 0 unspecified atom stereocenters. The standard InChI is InChI=1S/C18H20BrN3O3/c1-13-17(19)10-16(25-13)11-20-21-18(23)15-4-2-14(3-5-15)12-22-6-8-24-9-7-22/h2-5,10-11H,6-9,12H2,1H3,(H,21,23)/p+1/b20-11-. The van der Waals surface area contributed by atoms with Crippen LogP contribution in [-0.4, -0.2) is 38.4 Å². The van der Waals surface area contributed by atoms with E-state index in [1.165, 1.54) is 16.7 Å². The van der Waals surface area contributed by atoms with E-state index in [-0.39, 0.29) is 5.91 Å². The molecule has 25 heavy (non-hydrogen) atoms. The Morgan fingerprint density at radius 3 is 2.68 bits per heavy atom. The van der Waals surface area contributed by atoms with Gasteiger partial charge in [-0.15, -0.1) is 0 Å². The summed E-state index contributed by atoms with van der Waals surface area (Å²) < 4.78 is 11.7. The van der Waals surface area contributed by atoms with Crippen molar-refractivity contribution in [2.45, 2.75) is 13.5 Å². The number of carbonyl (C=O) groups is 1. The Morgan fingerprint density at radius 1 is 1.32 bits per heavy atom. The van der Waals surface area contributed by atoms with Crippen LogP contribution in [0, 0.1) is 6.92 Å². The number of ether oxygens (including phenoxy) is 1. The number of nitrogens with zero attached hydrogens (tertiary/aromatic N) is 1. The van der Waals surface area contributed by atoms with Crippen LogP contribution >= 0.6 is 15.9 Å². The highest BCUT2D eigenvalue weighted by molar-refractivity contribution is 9.10. The van der Waals surface area contributed by atoms with Crippen molar-refractivity contribution in [1.82, 2.24) is 5.43 Å². The van der Waals surface area contributed by atoms with Gasteiger partial charge in [-0.1, -0.05) is 12.1 Å². The molecule has 0 bridgehead atoms. The van der Waals surface area contributed by atoms with Gasteiger partial charge in [-0.3, -0.25) is 4.79 Å². The van der Waals surface area contributed by atoms with E-state index in [4.69, 9.17) is 9.15 Å². The molecule has 2 heterocycles. The highest BCUT2D eigenvalue weighted by Gasteiger charge is 2.14. The summed E-state index contributed by atoms with van der Waals surface area (Å²) in [5.74, 6) is 1.10. The van der Waals surface area contributed by atoms with E-state index in [9.17, 15) is 4.79 Å². The van der Waals surface area contributed by atoms with Crippen molar-refractivity contribution in [3.63, 3.8) is 0 Å². The maximum Gasteiger partial charge on any atom is 0.271 e. The van der Waals surface area contributed by atoms with Gasteiger partial charge in [0, 0.05) is 17.2 Å². The number of amides is 1. The molecule has 0 radical (unpaired) electrons. The van der Waals surface area contributed by atoms with Crippen LogP contribution in [0.3, 0.4) is 0 Å². The number of aryl methyl sites for hydroxylation is 1. The SMILES string of the molecule is Cc1oc(/C=N\NC(=O)c2ccc(C[NH+]3CCOCC3)cc2)cc1Br. The third-order valence-electron chi connectivity index (χ3n) is 4.10. The first-order valence-corrected chi connectivity index (χ1v) is 9.01. The van der Waals surface area contributed by atoms with E-state index in [1.807, 2.05) is 31.2 Å². The van der Waals surface area contributed by atoms with Crippen molar-refractivity contribution in [1.29, 1.82) is 0 Å². The summed E-state index contributed by atoms with van der Waals surface area (Å²) in [5.41, 5.74) is 4.30. The first-order chi connectivity index (χ1) is 12.1. The Hall–Kier alpha value is -1.96. The number of rotatable bonds is 5. The van der Waals surface area contributed by atoms with Crippen molar-refractivity contribution in [3.8, 4) is 0 Å². The number of benzene rings is 1. The topological polar surface area (TPSA) is 68.3 Å². The highest BCUT2D eigenvalue weighted by atomic mass is 79.9. The average Bonchev–Trinajstić information content (AvgIpc) is 2.94. The van der Waals surface area contributed by atoms with E-state index >= 15 is 0 Å². The second-order valence-corrected chi connectivity index (χ2v) is 6.84. The van der Waals surface area contributed by atoms with Crippen molar-refractivity contribution < 1.29 is 18.8 Å². The smallest absolute Gasteiger partial charge is 0.271 e. The number of hydrogen-bond donors (Lipinski definition) is 2. The van der Waals surface area contributed by atoms with Gasteiger partial charge in [0.2, 0.25) is 0 Å². The number of morpholine rings is 1. The molecule has 6 nitrogen and oxygen atoms in total. The Bertz CT molecular complexity index is 730. The van der Waals surface area contributed by atoms with Gasteiger partial charge in [-0.2, -0.15) is 5.10 Å². The van der Waals surface area contributed by atoms with E-state index in [0.29, 0.717) is 11.3 Å². The summed E-state index contributed by atoms with van der Waals surface area (Å²) in [6.45, 7) is 6.49. The zero-order valence-corrected chi connectivity index (χ0v) is 15.6. The molecule has 1 aliphatic heterocycles. The predicted molar refractivity (Wildman–Crippen MR) is 97.9 cm³/mol. The first-order valence-electron chi connectivity index (χ1n) is 8.21. The first kappa shape index (κ1) is 17.8. The summed E-state index contributed by atoms with van der Waals surface area (Å²) in [7, 11) is 0. The third-order valence-corrected chi connectivity index (χ3v) is 4.89. The van der Waals surface area contributed by atoms with Crippen molar-refractivity contribution in [3.05, 3.63) is 57.5 Å².